The molecule has 1 N–H and O–H groups in total. The highest BCUT2D eigenvalue weighted by molar-refractivity contribution is 5.61. The van der Waals surface area contributed by atoms with Crippen molar-refractivity contribution in [3.8, 4) is 0 Å². The first-order valence-electron chi connectivity index (χ1n) is 4.74. The molecule has 0 saturated heterocycles. The van der Waals surface area contributed by atoms with E-state index in [4.69, 9.17) is 0 Å². The van der Waals surface area contributed by atoms with Gasteiger partial charge in [-0.05, 0) is 19.4 Å². The third-order valence-corrected chi connectivity index (χ3v) is 2.00. The normalized spacial score (nSPS) is 9.57. The minimum Gasteiger partial charge on any atom is -0.381 e. The van der Waals surface area contributed by atoms with Gasteiger partial charge in [0.05, 0.1) is 0 Å². The molecule has 0 spiro atoms. The molecule has 74 valence electrons. The Balaban J connectivity index is 2.61. The van der Waals surface area contributed by atoms with E-state index in [1.165, 1.54) is 5.56 Å². The number of hydrogen-bond acceptors (Lipinski definition) is 1. The van der Waals surface area contributed by atoms with Crippen LogP contribution in [0.1, 0.15) is 18.1 Å². The lowest BCUT2D eigenvalue weighted by atomic mass is 10.1. The van der Waals surface area contributed by atoms with Gasteiger partial charge in [-0.15, -0.1) is 0 Å². The number of benzene rings is 1. The van der Waals surface area contributed by atoms with Gasteiger partial charge in [0.15, 0.2) is 0 Å². The maximum absolute atomic E-state index is 3.97. The van der Waals surface area contributed by atoms with Crippen LogP contribution in [0.4, 0.5) is 0 Å². The summed E-state index contributed by atoms with van der Waals surface area (Å²) in [5, 5.41) is 3.22. The number of aryl methyl sites for hydroxylation is 1. The molecule has 14 heavy (non-hydrogen) atoms. The van der Waals surface area contributed by atoms with E-state index >= 15 is 0 Å². The maximum Gasteiger partial charge on any atom is 0.0354 e. The second-order valence-electron chi connectivity index (χ2n) is 3.66. The van der Waals surface area contributed by atoms with Crippen LogP contribution in [0.2, 0.25) is 0 Å². The van der Waals surface area contributed by atoms with E-state index in [1.54, 1.807) is 0 Å². The van der Waals surface area contributed by atoms with E-state index in [2.05, 4.69) is 49.7 Å². The molecule has 0 fully saturated rings. The molecule has 1 aromatic rings. The Morgan fingerprint density at radius 1 is 1.21 bits per heavy atom. The Kier molecular flexibility index (Phi) is 3.52. The molecule has 0 radical (unpaired) electrons. The molecule has 0 bridgehead atoms. The van der Waals surface area contributed by atoms with Crippen LogP contribution in [0.5, 0.6) is 0 Å². The van der Waals surface area contributed by atoms with Gasteiger partial charge in [-0.2, -0.15) is 0 Å². The van der Waals surface area contributed by atoms with E-state index in [1.807, 2.05) is 6.92 Å². The van der Waals surface area contributed by atoms with E-state index in [0.717, 1.165) is 23.4 Å². The largest absolute Gasteiger partial charge is 0.381 e. The minimum absolute atomic E-state index is 0.784. The third kappa shape index (κ3) is 3.09. The minimum atomic E-state index is 0.784. The van der Waals surface area contributed by atoms with Gasteiger partial charge >= 0.3 is 0 Å². The van der Waals surface area contributed by atoms with Crippen LogP contribution in [0.25, 0.3) is 5.70 Å². The number of nitrogens with one attached hydrogen (secondary N) is 1. The van der Waals surface area contributed by atoms with Gasteiger partial charge < -0.3 is 5.32 Å². The Morgan fingerprint density at radius 2 is 1.79 bits per heavy atom. The predicted molar refractivity (Wildman–Crippen MR) is 63.0 cm³/mol. The van der Waals surface area contributed by atoms with E-state index in [9.17, 15) is 0 Å². The summed E-state index contributed by atoms with van der Waals surface area (Å²) in [6.45, 7) is 12.7. The van der Waals surface area contributed by atoms with Gasteiger partial charge in [0, 0.05) is 12.2 Å². The fraction of sp³-hybridized carbons (Fsp3) is 0.231. The predicted octanol–water partition coefficient (Wildman–Crippen LogP) is 3.13. The highest BCUT2D eigenvalue weighted by Gasteiger charge is 1.96. The summed E-state index contributed by atoms with van der Waals surface area (Å²) in [4.78, 5) is 0. The molecule has 0 saturated carbocycles. The van der Waals surface area contributed by atoms with Gasteiger partial charge in [0.25, 0.3) is 0 Å². The molecule has 0 heterocycles. The molecular formula is C13H17N. The SMILES string of the molecule is C=C(C)CNC(=C)c1ccc(C)cc1. The van der Waals surface area contributed by atoms with Crippen molar-refractivity contribution in [1.29, 1.82) is 0 Å². The number of rotatable bonds is 4. The molecule has 0 aliphatic carbocycles. The maximum atomic E-state index is 3.97. The zero-order valence-electron chi connectivity index (χ0n) is 8.93. The van der Waals surface area contributed by atoms with Crippen LogP contribution in [0, 0.1) is 6.92 Å². The van der Waals surface area contributed by atoms with E-state index in [0.29, 0.717) is 0 Å². The van der Waals surface area contributed by atoms with Crippen LogP contribution < -0.4 is 5.32 Å². The zero-order valence-corrected chi connectivity index (χ0v) is 8.93. The summed E-state index contributed by atoms with van der Waals surface area (Å²) < 4.78 is 0. The van der Waals surface area contributed by atoms with Crippen LogP contribution >= 0.6 is 0 Å². The lowest BCUT2D eigenvalue weighted by Gasteiger charge is -2.09. The number of hydrogen-bond donors (Lipinski definition) is 1. The van der Waals surface area contributed by atoms with Crippen LogP contribution in [-0.4, -0.2) is 6.54 Å². The lowest BCUT2D eigenvalue weighted by molar-refractivity contribution is 0.962. The Morgan fingerprint density at radius 3 is 2.29 bits per heavy atom. The molecule has 1 heteroatoms. The molecule has 1 aromatic carbocycles. The summed E-state index contributed by atoms with van der Waals surface area (Å²) in [7, 11) is 0. The van der Waals surface area contributed by atoms with Crippen molar-refractivity contribution in [2.24, 2.45) is 0 Å². The first-order chi connectivity index (χ1) is 6.59. The van der Waals surface area contributed by atoms with Crippen molar-refractivity contribution in [1.82, 2.24) is 5.32 Å². The average Bonchev–Trinajstić information content (AvgIpc) is 2.15. The third-order valence-electron chi connectivity index (χ3n) is 2.00. The summed E-state index contributed by atoms with van der Waals surface area (Å²) in [5.41, 5.74) is 4.46. The van der Waals surface area contributed by atoms with Crippen molar-refractivity contribution in [2.45, 2.75) is 13.8 Å². The summed E-state index contributed by atoms with van der Waals surface area (Å²) >= 11 is 0. The van der Waals surface area contributed by atoms with Crippen molar-refractivity contribution in [3.63, 3.8) is 0 Å². The topological polar surface area (TPSA) is 12.0 Å². The molecule has 0 unspecified atom stereocenters. The highest BCUT2D eigenvalue weighted by atomic mass is 14.9. The molecule has 0 aromatic heterocycles. The Hall–Kier alpha value is -1.50. The van der Waals surface area contributed by atoms with Gasteiger partial charge in [-0.1, -0.05) is 48.6 Å². The quantitative estimate of drug-likeness (QED) is 0.714. The van der Waals surface area contributed by atoms with Crippen LogP contribution in [0.3, 0.4) is 0 Å². The molecule has 1 nitrogen and oxygen atoms in total. The first kappa shape index (κ1) is 10.6. The fourth-order valence-electron chi connectivity index (χ4n) is 1.11. The van der Waals surface area contributed by atoms with Crippen molar-refractivity contribution in [2.75, 3.05) is 6.54 Å². The molecule has 0 atom stereocenters. The standard InChI is InChI=1S/C13H17N/c1-10(2)9-14-12(4)13-7-5-11(3)6-8-13/h5-8,14H,1,4,9H2,2-3H3. The highest BCUT2D eigenvalue weighted by Crippen LogP contribution is 2.10. The van der Waals surface area contributed by atoms with E-state index in [-0.39, 0.29) is 0 Å². The van der Waals surface area contributed by atoms with Gasteiger partial charge in [-0.3, -0.25) is 0 Å². The van der Waals surface area contributed by atoms with Gasteiger partial charge in [0.2, 0.25) is 0 Å². The molecule has 0 aliphatic rings. The molecule has 0 aliphatic heterocycles. The zero-order chi connectivity index (χ0) is 10.6. The molecule has 0 amide bonds. The Labute approximate surface area is 86.2 Å². The first-order valence-corrected chi connectivity index (χ1v) is 4.74. The average molecular weight is 187 g/mol. The van der Waals surface area contributed by atoms with Crippen molar-refractivity contribution >= 4 is 5.70 Å². The van der Waals surface area contributed by atoms with Crippen molar-refractivity contribution in [3.05, 3.63) is 54.1 Å². The summed E-state index contributed by atoms with van der Waals surface area (Å²) in [5.74, 6) is 0. The van der Waals surface area contributed by atoms with Crippen LogP contribution in [0.15, 0.2) is 43.0 Å². The monoisotopic (exact) mass is 187 g/mol. The van der Waals surface area contributed by atoms with Gasteiger partial charge in [-0.25, -0.2) is 0 Å². The van der Waals surface area contributed by atoms with Gasteiger partial charge in [0.1, 0.15) is 0 Å². The lowest BCUT2D eigenvalue weighted by Crippen LogP contribution is -2.13. The fourth-order valence-corrected chi connectivity index (χ4v) is 1.11. The smallest absolute Gasteiger partial charge is 0.0354 e. The molecular weight excluding hydrogens is 170 g/mol. The Bertz CT molecular complexity index is 333. The second kappa shape index (κ2) is 4.66. The summed E-state index contributed by atoms with van der Waals surface area (Å²) in [6.07, 6.45) is 0. The van der Waals surface area contributed by atoms with Crippen molar-refractivity contribution < 1.29 is 0 Å². The second-order valence-corrected chi connectivity index (χ2v) is 3.66. The van der Waals surface area contributed by atoms with E-state index < -0.39 is 0 Å². The van der Waals surface area contributed by atoms with Crippen LogP contribution in [-0.2, 0) is 0 Å². The summed E-state index contributed by atoms with van der Waals surface area (Å²) in [6, 6.07) is 8.32. The molecule has 1 rings (SSSR count).